The summed E-state index contributed by atoms with van der Waals surface area (Å²) in [6, 6.07) is 12.8. The molecule has 2 aromatic rings. The molecule has 0 fully saturated rings. The number of nitrogens with zero attached hydrogens (tertiary/aromatic N) is 1. The van der Waals surface area contributed by atoms with Crippen LogP contribution in [0, 0.1) is 17.0 Å². The molecule has 5 nitrogen and oxygen atoms in total. The number of nitro benzene ring substituents is 1. The van der Waals surface area contributed by atoms with Crippen LogP contribution < -0.4 is 11.1 Å². The molecule has 0 unspecified atom stereocenters. The van der Waals surface area contributed by atoms with Crippen LogP contribution >= 0.6 is 0 Å². The van der Waals surface area contributed by atoms with Crippen molar-refractivity contribution in [3.05, 3.63) is 63.7 Å². The van der Waals surface area contributed by atoms with Crippen LogP contribution in [-0.4, -0.2) is 11.5 Å². The number of benzene rings is 2. The van der Waals surface area contributed by atoms with Crippen LogP contribution in [-0.2, 0) is 6.42 Å². The van der Waals surface area contributed by atoms with E-state index >= 15 is 0 Å². The van der Waals surface area contributed by atoms with E-state index in [1.54, 1.807) is 6.07 Å². The molecule has 0 aliphatic heterocycles. The third-order valence-electron chi connectivity index (χ3n) is 3.06. The first-order valence-electron chi connectivity index (χ1n) is 6.39. The Kier molecular flexibility index (Phi) is 4.20. The predicted octanol–water partition coefficient (Wildman–Crippen LogP) is 3.14. The van der Waals surface area contributed by atoms with Crippen molar-refractivity contribution in [3.8, 4) is 0 Å². The van der Waals surface area contributed by atoms with E-state index in [9.17, 15) is 10.1 Å². The van der Waals surface area contributed by atoms with E-state index in [-0.39, 0.29) is 5.69 Å². The van der Waals surface area contributed by atoms with E-state index in [1.165, 1.54) is 23.3 Å². The average molecular weight is 271 g/mol. The van der Waals surface area contributed by atoms with Crippen molar-refractivity contribution in [1.29, 1.82) is 0 Å². The Morgan fingerprint density at radius 2 is 2.05 bits per heavy atom. The van der Waals surface area contributed by atoms with Crippen LogP contribution in [0.5, 0.6) is 0 Å². The molecule has 5 heteroatoms. The Hall–Kier alpha value is -2.56. The van der Waals surface area contributed by atoms with Gasteiger partial charge in [-0.15, -0.1) is 0 Å². The van der Waals surface area contributed by atoms with Gasteiger partial charge in [-0.3, -0.25) is 10.1 Å². The summed E-state index contributed by atoms with van der Waals surface area (Å²) < 4.78 is 0. The highest BCUT2D eigenvalue weighted by Gasteiger charge is 2.08. The Morgan fingerprint density at radius 1 is 1.25 bits per heavy atom. The lowest BCUT2D eigenvalue weighted by atomic mass is 10.1. The largest absolute Gasteiger partial charge is 0.397 e. The lowest BCUT2D eigenvalue weighted by Crippen LogP contribution is -2.07. The first kappa shape index (κ1) is 13.9. The van der Waals surface area contributed by atoms with E-state index in [0.717, 1.165) is 18.7 Å². The van der Waals surface area contributed by atoms with Crippen molar-refractivity contribution in [2.24, 2.45) is 0 Å². The second-order valence-corrected chi connectivity index (χ2v) is 4.69. The summed E-state index contributed by atoms with van der Waals surface area (Å²) in [5.74, 6) is 0. The van der Waals surface area contributed by atoms with Gasteiger partial charge in [0.25, 0.3) is 5.69 Å². The SMILES string of the molecule is Cc1cccc(CCNc2ccc([N+](=O)[O-])cc2N)c1. The fourth-order valence-electron chi connectivity index (χ4n) is 2.03. The van der Waals surface area contributed by atoms with Gasteiger partial charge in [0.1, 0.15) is 0 Å². The first-order chi connectivity index (χ1) is 9.56. The molecule has 0 radical (unpaired) electrons. The maximum Gasteiger partial charge on any atom is 0.271 e. The zero-order chi connectivity index (χ0) is 14.5. The number of nitrogens with two attached hydrogens (primary N) is 1. The normalized spacial score (nSPS) is 10.2. The summed E-state index contributed by atoms with van der Waals surface area (Å²) >= 11 is 0. The van der Waals surface area contributed by atoms with E-state index < -0.39 is 4.92 Å². The molecule has 104 valence electrons. The molecule has 0 saturated heterocycles. The van der Waals surface area contributed by atoms with Crippen molar-refractivity contribution in [2.75, 3.05) is 17.6 Å². The third kappa shape index (κ3) is 3.47. The molecule has 0 aliphatic rings. The minimum atomic E-state index is -0.452. The van der Waals surface area contributed by atoms with Gasteiger partial charge in [-0.25, -0.2) is 0 Å². The van der Waals surface area contributed by atoms with Crippen molar-refractivity contribution >= 4 is 17.1 Å². The van der Waals surface area contributed by atoms with Crippen molar-refractivity contribution < 1.29 is 4.92 Å². The lowest BCUT2D eigenvalue weighted by molar-refractivity contribution is -0.384. The Bertz CT molecular complexity index is 626. The smallest absolute Gasteiger partial charge is 0.271 e. The summed E-state index contributed by atoms with van der Waals surface area (Å²) in [5.41, 5.74) is 9.40. The highest BCUT2D eigenvalue weighted by molar-refractivity contribution is 5.69. The van der Waals surface area contributed by atoms with Gasteiger partial charge in [0.15, 0.2) is 0 Å². The fourth-order valence-corrected chi connectivity index (χ4v) is 2.03. The molecule has 2 aromatic carbocycles. The second-order valence-electron chi connectivity index (χ2n) is 4.69. The van der Waals surface area contributed by atoms with Crippen LogP contribution in [0.1, 0.15) is 11.1 Å². The number of hydrogen-bond acceptors (Lipinski definition) is 4. The Labute approximate surface area is 117 Å². The predicted molar refractivity (Wildman–Crippen MR) is 80.9 cm³/mol. The molecule has 0 atom stereocenters. The van der Waals surface area contributed by atoms with Gasteiger partial charge >= 0.3 is 0 Å². The molecule has 0 amide bonds. The lowest BCUT2D eigenvalue weighted by Gasteiger charge is -2.09. The van der Waals surface area contributed by atoms with Crippen LogP contribution in [0.2, 0.25) is 0 Å². The van der Waals surface area contributed by atoms with E-state index in [4.69, 9.17) is 5.73 Å². The van der Waals surface area contributed by atoms with Crippen LogP contribution in [0.4, 0.5) is 17.1 Å². The van der Waals surface area contributed by atoms with Crippen molar-refractivity contribution in [1.82, 2.24) is 0 Å². The number of non-ortho nitro benzene ring substituents is 1. The van der Waals surface area contributed by atoms with E-state index in [2.05, 4.69) is 30.4 Å². The van der Waals surface area contributed by atoms with Crippen LogP contribution in [0.25, 0.3) is 0 Å². The molecule has 0 spiro atoms. The molecular formula is C15H17N3O2. The van der Waals surface area contributed by atoms with Crippen LogP contribution in [0.3, 0.4) is 0 Å². The standard InChI is InChI=1S/C15H17N3O2/c1-11-3-2-4-12(9-11)7-8-17-15-6-5-13(18(19)20)10-14(15)16/h2-6,9-10,17H,7-8,16H2,1H3. The molecular weight excluding hydrogens is 254 g/mol. The second kappa shape index (κ2) is 6.06. The minimum absolute atomic E-state index is 0.00624. The number of nitrogen functional groups attached to an aromatic ring is 1. The number of anilines is 2. The summed E-state index contributed by atoms with van der Waals surface area (Å²) in [4.78, 5) is 10.2. The maximum atomic E-state index is 10.6. The zero-order valence-corrected chi connectivity index (χ0v) is 11.3. The molecule has 0 bridgehead atoms. The van der Waals surface area contributed by atoms with Gasteiger partial charge in [-0.1, -0.05) is 29.8 Å². The summed E-state index contributed by atoms with van der Waals surface area (Å²) in [5, 5.41) is 13.8. The fraction of sp³-hybridized carbons (Fsp3) is 0.200. The number of rotatable bonds is 5. The van der Waals surface area contributed by atoms with Gasteiger partial charge in [-0.2, -0.15) is 0 Å². The van der Waals surface area contributed by atoms with Gasteiger partial charge in [-0.05, 0) is 25.0 Å². The molecule has 2 rings (SSSR count). The minimum Gasteiger partial charge on any atom is -0.397 e. The highest BCUT2D eigenvalue weighted by atomic mass is 16.6. The molecule has 3 N–H and O–H groups in total. The van der Waals surface area contributed by atoms with Crippen LogP contribution in [0.15, 0.2) is 42.5 Å². The molecule has 0 heterocycles. The molecule has 0 aliphatic carbocycles. The maximum absolute atomic E-state index is 10.6. The number of nitro groups is 1. The third-order valence-corrected chi connectivity index (χ3v) is 3.06. The average Bonchev–Trinajstić information content (AvgIpc) is 2.40. The molecule has 0 saturated carbocycles. The zero-order valence-electron chi connectivity index (χ0n) is 11.3. The Balaban J connectivity index is 1.96. The van der Waals surface area contributed by atoms with E-state index in [1.807, 2.05) is 6.07 Å². The number of nitrogens with one attached hydrogen (secondary N) is 1. The number of aryl methyl sites for hydroxylation is 1. The van der Waals surface area contributed by atoms with Gasteiger partial charge in [0, 0.05) is 18.7 Å². The van der Waals surface area contributed by atoms with Gasteiger partial charge in [0.05, 0.1) is 16.3 Å². The van der Waals surface area contributed by atoms with Crippen molar-refractivity contribution in [2.45, 2.75) is 13.3 Å². The quantitative estimate of drug-likeness (QED) is 0.497. The van der Waals surface area contributed by atoms with E-state index in [0.29, 0.717) is 5.69 Å². The van der Waals surface area contributed by atoms with Crippen molar-refractivity contribution in [3.63, 3.8) is 0 Å². The summed E-state index contributed by atoms with van der Waals surface area (Å²) in [7, 11) is 0. The summed E-state index contributed by atoms with van der Waals surface area (Å²) in [6.45, 7) is 2.79. The van der Waals surface area contributed by atoms with Gasteiger partial charge in [0.2, 0.25) is 0 Å². The van der Waals surface area contributed by atoms with Gasteiger partial charge < -0.3 is 11.1 Å². The molecule has 0 aromatic heterocycles. The molecule has 20 heavy (non-hydrogen) atoms. The Morgan fingerprint density at radius 3 is 2.70 bits per heavy atom. The first-order valence-corrected chi connectivity index (χ1v) is 6.39. The number of hydrogen-bond donors (Lipinski definition) is 2. The monoisotopic (exact) mass is 271 g/mol. The highest BCUT2D eigenvalue weighted by Crippen LogP contribution is 2.23. The topological polar surface area (TPSA) is 81.2 Å². The summed E-state index contributed by atoms with van der Waals surface area (Å²) in [6.07, 6.45) is 0.873.